The molecule has 0 radical (unpaired) electrons. The molecule has 2 aromatic carbocycles. The number of halogens is 1. The van der Waals surface area contributed by atoms with E-state index < -0.39 is 0 Å². The van der Waals surface area contributed by atoms with Crippen LogP contribution in [0.4, 0.5) is 4.39 Å². The minimum atomic E-state index is -0.380. The molecule has 8 heteroatoms. The molecule has 3 rings (SSSR count). The van der Waals surface area contributed by atoms with Gasteiger partial charge in [-0.2, -0.15) is 9.90 Å². The lowest BCUT2D eigenvalue weighted by atomic mass is 10.1. The van der Waals surface area contributed by atoms with Gasteiger partial charge in [0, 0.05) is 5.56 Å². The van der Waals surface area contributed by atoms with Crippen molar-refractivity contribution in [3.63, 3.8) is 0 Å². The first kappa shape index (κ1) is 17.4. The van der Waals surface area contributed by atoms with Gasteiger partial charge >= 0.3 is 0 Å². The second-order valence-electron chi connectivity index (χ2n) is 5.46. The molecule has 3 aromatic rings. The number of carbonyl (C=O) groups excluding carboxylic acids is 1. The van der Waals surface area contributed by atoms with Gasteiger partial charge < -0.3 is 0 Å². The fourth-order valence-corrected chi connectivity index (χ4v) is 2.30. The third kappa shape index (κ3) is 4.35. The zero-order chi connectivity index (χ0) is 18.4. The highest BCUT2D eigenvalue weighted by Gasteiger charge is 2.09. The van der Waals surface area contributed by atoms with Gasteiger partial charge in [-0.15, -0.1) is 10.2 Å². The average Bonchev–Trinajstić information content (AvgIpc) is 3.13. The summed E-state index contributed by atoms with van der Waals surface area (Å²) in [6.07, 6.45) is 0.589. The van der Waals surface area contributed by atoms with Crippen LogP contribution in [-0.4, -0.2) is 31.8 Å². The summed E-state index contributed by atoms with van der Waals surface area (Å²) >= 11 is 0. The number of rotatable bonds is 6. The molecule has 0 aliphatic heterocycles. The minimum absolute atomic E-state index is 0.107. The number of tetrazole rings is 1. The molecule has 0 spiro atoms. The summed E-state index contributed by atoms with van der Waals surface area (Å²) in [5.41, 5.74) is 4.69. The Balaban J connectivity index is 1.63. The lowest BCUT2D eigenvalue weighted by molar-refractivity contribution is -0.122. The zero-order valence-electron chi connectivity index (χ0n) is 14.1. The van der Waals surface area contributed by atoms with Gasteiger partial charge in [-0.3, -0.25) is 4.79 Å². The summed E-state index contributed by atoms with van der Waals surface area (Å²) < 4.78 is 13.0. The van der Waals surface area contributed by atoms with E-state index in [-0.39, 0.29) is 18.3 Å². The first-order valence-electron chi connectivity index (χ1n) is 8.10. The number of hydrogen-bond donors (Lipinski definition) is 1. The van der Waals surface area contributed by atoms with Crippen LogP contribution in [-0.2, 0) is 11.3 Å². The molecule has 0 unspecified atom stereocenters. The Morgan fingerprint density at radius 3 is 2.58 bits per heavy atom. The van der Waals surface area contributed by atoms with E-state index in [0.717, 1.165) is 11.1 Å². The Bertz CT molecular complexity index is 905. The van der Waals surface area contributed by atoms with Crippen LogP contribution in [0.25, 0.3) is 11.4 Å². The van der Waals surface area contributed by atoms with Gasteiger partial charge in [0.25, 0.3) is 5.91 Å². The molecule has 0 atom stereocenters. The molecule has 132 valence electrons. The van der Waals surface area contributed by atoms with Crippen LogP contribution in [0.3, 0.4) is 0 Å². The van der Waals surface area contributed by atoms with E-state index in [1.54, 1.807) is 12.1 Å². The fourth-order valence-electron chi connectivity index (χ4n) is 2.30. The minimum Gasteiger partial charge on any atom is -0.271 e. The van der Waals surface area contributed by atoms with Crippen LogP contribution in [0.15, 0.2) is 59.7 Å². The van der Waals surface area contributed by atoms with Crippen molar-refractivity contribution >= 4 is 11.6 Å². The van der Waals surface area contributed by atoms with Crippen LogP contribution in [0.1, 0.15) is 18.9 Å². The Morgan fingerprint density at radius 1 is 1.15 bits per heavy atom. The molecule has 0 aliphatic carbocycles. The topological polar surface area (TPSA) is 85.1 Å². The van der Waals surface area contributed by atoms with Gasteiger partial charge in [-0.25, -0.2) is 9.82 Å². The van der Waals surface area contributed by atoms with Gasteiger partial charge in [0.2, 0.25) is 5.82 Å². The number of nitrogens with zero attached hydrogens (tertiary/aromatic N) is 5. The normalized spacial score (nSPS) is 11.4. The summed E-state index contributed by atoms with van der Waals surface area (Å²) in [6.45, 7) is 1.79. The van der Waals surface area contributed by atoms with Crippen LogP contribution >= 0.6 is 0 Å². The van der Waals surface area contributed by atoms with Gasteiger partial charge in [-0.1, -0.05) is 49.4 Å². The van der Waals surface area contributed by atoms with Crippen molar-refractivity contribution in [1.82, 2.24) is 25.6 Å². The van der Waals surface area contributed by atoms with Crippen molar-refractivity contribution in [2.45, 2.75) is 19.9 Å². The van der Waals surface area contributed by atoms with Crippen molar-refractivity contribution in [1.29, 1.82) is 0 Å². The van der Waals surface area contributed by atoms with E-state index in [2.05, 4.69) is 25.9 Å². The highest BCUT2D eigenvalue weighted by atomic mass is 19.1. The molecule has 0 bridgehead atoms. The van der Waals surface area contributed by atoms with Gasteiger partial charge in [0.15, 0.2) is 0 Å². The smallest absolute Gasteiger partial charge is 0.263 e. The van der Waals surface area contributed by atoms with E-state index >= 15 is 0 Å². The summed E-state index contributed by atoms with van der Waals surface area (Å²) in [6, 6.07) is 15.3. The molecule has 1 heterocycles. The first-order chi connectivity index (χ1) is 12.7. The largest absolute Gasteiger partial charge is 0.271 e. The van der Waals surface area contributed by atoms with Crippen LogP contribution in [0.5, 0.6) is 0 Å². The zero-order valence-corrected chi connectivity index (χ0v) is 14.1. The Kier molecular flexibility index (Phi) is 5.43. The van der Waals surface area contributed by atoms with Crippen molar-refractivity contribution in [2.24, 2.45) is 5.10 Å². The van der Waals surface area contributed by atoms with Crippen molar-refractivity contribution in [2.75, 3.05) is 0 Å². The molecule has 0 saturated heterocycles. The number of aromatic nitrogens is 4. The number of hydrogen-bond acceptors (Lipinski definition) is 5. The molecule has 0 aliphatic rings. The van der Waals surface area contributed by atoms with Crippen LogP contribution in [0, 0.1) is 5.82 Å². The van der Waals surface area contributed by atoms with E-state index in [0.29, 0.717) is 18.0 Å². The standard InChI is InChI=1S/C18H17FN6O/c1-2-16(13-8-10-15(19)11-9-13)20-21-17(26)12-25-23-18(22-24-25)14-6-4-3-5-7-14/h3-11H,2,12H2,1H3,(H,21,26)/b20-16+. The maximum atomic E-state index is 13.0. The summed E-state index contributed by atoms with van der Waals surface area (Å²) in [5.74, 6) is -0.253. The van der Waals surface area contributed by atoms with Crippen molar-refractivity contribution in [3.8, 4) is 11.4 Å². The Labute approximate surface area is 149 Å². The van der Waals surface area contributed by atoms with Gasteiger partial charge in [0.1, 0.15) is 12.4 Å². The number of nitrogens with one attached hydrogen (secondary N) is 1. The maximum Gasteiger partial charge on any atom is 0.263 e. The predicted molar refractivity (Wildman–Crippen MR) is 94.6 cm³/mol. The second-order valence-corrected chi connectivity index (χ2v) is 5.46. The van der Waals surface area contributed by atoms with Crippen molar-refractivity contribution in [3.05, 3.63) is 66.0 Å². The third-order valence-electron chi connectivity index (χ3n) is 3.60. The van der Waals surface area contributed by atoms with Gasteiger partial charge in [-0.05, 0) is 29.3 Å². The molecular formula is C18H17FN6O. The number of hydrazone groups is 1. The molecule has 0 saturated carbocycles. The lowest BCUT2D eigenvalue weighted by Gasteiger charge is -2.05. The fraction of sp³-hybridized carbons (Fsp3) is 0.167. The van der Waals surface area contributed by atoms with Gasteiger partial charge in [0.05, 0.1) is 5.71 Å². The number of carbonyl (C=O) groups is 1. The first-order valence-corrected chi connectivity index (χ1v) is 8.10. The third-order valence-corrected chi connectivity index (χ3v) is 3.60. The van der Waals surface area contributed by atoms with Crippen LogP contribution in [0.2, 0.25) is 0 Å². The molecule has 1 N–H and O–H groups in total. The van der Waals surface area contributed by atoms with E-state index in [4.69, 9.17) is 0 Å². The lowest BCUT2D eigenvalue weighted by Crippen LogP contribution is -2.25. The maximum absolute atomic E-state index is 13.0. The van der Waals surface area contributed by atoms with E-state index in [1.807, 2.05) is 37.3 Å². The second kappa shape index (κ2) is 8.11. The van der Waals surface area contributed by atoms with Crippen LogP contribution < -0.4 is 5.43 Å². The number of benzene rings is 2. The van der Waals surface area contributed by atoms with E-state index in [9.17, 15) is 9.18 Å². The summed E-state index contributed by atoms with van der Waals surface area (Å²) in [5, 5.41) is 16.1. The molecule has 1 aromatic heterocycles. The quantitative estimate of drug-likeness (QED) is 0.545. The molecule has 0 fully saturated rings. The highest BCUT2D eigenvalue weighted by Crippen LogP contribution is 2.11. The predicted octanol–water partition coefficient (Wildman–Crippen LogP) is 2.41. The highest BCUT2D eigenvalue weighted by molar-refractivity contribution is 6.00. The average molecular weight is 352 g/mol. The molecule has 1 amide bonds. The van der Waals surface area contributed by atoms with Crippen molar-refractivity contribution < 1.29 is 9.18 Å². The summed E-state index contributed by atoms with van der Waals surface area (Å²) in [7, 11) is 0. The molecule has 26 heavy (non-hydrogen) atoms. The molecule has 7 nitrogen and oxygen atoms in total. The Hall–Kier alpha value is -3.42. The molecular weight excluding hydrogens is 335 g/mol. The van der Waals surface area contributed by atoms with E-state index in [1.165, 1.54) is 16.9 Å². The summed E-state index contributed by atoms with van der Waals surface area (Å²) in [4.78, 5) is 13.3. The SMILES string of the molecule is CC/C(=N\NC(=O)Cn1nnc(-c2ccccc2)n1)c1ccc(F)cc1. The Morgan fingerprint density at radius 2 is 1.88 bits per heavy atom. The number of amides is 1. The monoisotopic (exact) mass is 352 g/mol.